The molecule has 0 fully saturated rings. The number of hydrogen-bond donors (Lipinski definition) is 0. The highest BCUT2D eigenvalue weighted by atomic mass is 32.2. The van der Waals surface area contributed by atoms with E-state index in [4.69, 9.17) is 0 Å². The van der Waals surface area contributed by atoms with E-state index < -0.39 is 0 Å². The van der Waals surface area contributed by atoms with Crippen LogP contribution in [0.25, 0.3) is 0 Å². The maximum absolute atomic E-state index is 2.32. The van der Waals surface area contributed by atoms with Crippen LogP contribution in [0.15, 0.2) is 29.2 Å². The minimum Gasteiger partial charge on any atom is -0.130 e. The summed E-state index contributed by atoms with van der Waals surface area (Å²) < 4.78 is 0. The number of hydrogen-bond acceptors (Lipinski definition) is 1. The molecular weight excluding hydrogens is 176 g/mol. The molecule has 0 aliphatic rings. The Labute approximate surface area is 85.7 Å². The average Bonchev–Trinajstić information content (AvgIpc) is 2.20. The van der Waals surface area contributed by atoms with Crippen molar-refractivity contribution in [1.29, 1.82) is 0 Å². The summed E-state index contributed by atoms with van der Waals surface area (Å²) >= 11 is 1.82. The lowest BCUT2D eigenvalue weighted by atomic mass is 9.94. The molecule has 0 unspecified atom stereocenters. The Morgan fingerprint density at radius 1 is 1.23 bits per heavy atom. The second kappa shape index (κ2) is 5.33. The standard InChI is InChI=1S/C12H18S/c1-4-10(5-2)11-7-6-8-12(9-11)13-3/h6-10H,4-5H2,1-3H3. The molecule has 0 aromatic heterocycles. The average molecular weight is 194 g/mol. The van der Waals surface area contributed by atoms with Gasteiger partial charge in [-0.3, -0.25) is 0 Å². The molecule has 0 heterocycles. The van der Waals surface area contributed by atoms with Crippen LogP contribution in [0.2, 0.25) is 0 Å². The van der Waals surface area contributed by atoms with Gasteiger partial charge >= 0.3 is 0 Å². The summed E-state index contributed by atoms with van der Waals surface area (Å²) in [5.41, 5.74) is 1.50. The quantitative estimate of drug-likeness (QED) is 0.643. The van der Waals surface area contributed by atoms with E-state index in [9.17, 15) is 0 Å². The predicted octanol–water partition coefficient (Wildman–Crippen LogP) is 4.31. The van der Waals surface area contributed by atoms with Gasteiger partial charge in [0.1, 0.15) is 0 Å². The van der Waals surface area contributed by atoms with Gasteiger partial charge in [-0.25, -0.2) is 0 Å². The highest BCUT2D eigenvalue weighted by molar-refractivity contribution is 7.98. The second-order valence-electron chi connectivity index (χ2n) is 3.29. The van der Waals surface area contributed by atoms with Gasteiger partial charge in [-0.1, -0.05) is 26.0 Å². The fourth-order valence-corrected chi connectivity index (χ4v) is 2.12. The van der Waals surface area contributed by atoms with E-state index >= 15 is 0 Å². The summed E-state index contributed by atoms with van der Waals surface area (Å²) in [7, 11) is 0. The van der Waals surface area contributed by atoms with Gasteiger partial charge in [0.25, 0.3) is 0 Å². The monoisotopic (exact) mass is 194 g/mol. The Morgan fingerprint density at radius 2 is 1.92 bits per heavy atom. The van der Waals surface area contributed by atoms with E-state index in [1.807, 2.05) is 11.8 Å². The summed E-state index contributed by atoms with van der Waals surface area (Å²) in [5.74, 6) is 0.743. The van der Waals surface area contributed by atoms with Crippen LogP contribution in [0.5, 0.6) is 0 Å². The molecular formula is C12H18S. The fraction of sp³-hybridized carbons (Fsp3) is 0.500. The third-order valence-corrected chi connectivity index (χ3v) is 3.28. The summed E-state index contributed by atoms with van der Waals surface area (Å²) in [6, 6.07) is 8.91. The van der Waals surface area contributed by atoms with Crippen molar-refractivity contribution in [1.82, 2.24) is 0 Å². The smallest absolute Gasteiger partial charge is 0.00719 e. The van der Waals surface area contributed by atoms with Crippen LogP contribution in [0.4, 0.5) is 0 Å². The van der Waals surface area contributed by atoms with Crippen molar-refractivity contribution in [2.45, 2.75) is 37.5 Å². The summed E-state index contributed by atoms with van der Waals surface area (Å²) in [5, 5.41) is 0. The molecule has 0 atom stereocenters. The van der Waals surface area contributed by atoms with Crippen LogP contribution in [0.3, 0.4) is 0 Å². The van der Waals surface area contributed by atoms with Crippen LogP contribution < -0.4 is 0 Å². The molecule has 0 aliphatic carbocycles. The summed E-state index contributed by atoms with van der Waals surface area (Å²) in [6.45, 7) is 4.53. The molecule has 0 spiro atoms. The van der Waals surface area contributed by atoms with Gasteiger partial charge in [0.15, 0.2) is 0 Å². The van der Waals surface area contributed by atoms with Gasteiger partial charge < -0.3 is 0 Å². The van der Waals surface area contributed by atoms with Crippen molar-refractivity contribution >= 4 is 11.8 Å². The van der Waals surface area contributed by atoms with E-state index in [0.29, 0.717) is 0 Å². The minimum atomic E-state index is 0.743. The molecule has 1 heteroatoms. The molecule has 0 saturated carbocycles. The first-order chi connectivity index (χ1) is 6.31. The zero-order chi connectivity index (χ0) is 9.68. The maximum Gasteiger partial charge on any atom is 0.00719 e. The highest BCUT2D eigenvalue weighted by Gasteiger charge is 2.06. The van der Waals surface area contributed by atoms with Crippen molar-refractivity contribution in [3.05, 3.63) is 29.8 Å². The van der Waals surface area contributed by atoms with Crippen molar-refractivity contribution in [3.8, 4) is 0 Å². The van der Waals surface area contributed by atoms with E-state index in [0.717, 1.165) is 5.92 Å². The number of benzene rings is 1. The molecule has 0 aliphatic heterocycles. The lowest BCUT2D eigenvalue weighted by Crippen LogP contribution is -1.94. The number of thioether (sulfide) groups is 1. The van der Waals surface area contributed by atoms with E-state index in [-0.39, 0.29) is 0 Å². The van der Waals surface area contributed by atoms with Crippen molar-refractivity contribution in [2.75, 3.05) is 6.26 Å². The molecule has 13 heavy (non-hydrogen) atoms. The topological polar surface area (TPSA) is 0 Å². The number of rotatable bonds is 4. The Morgan fingerprint density at radius 3 is 2.46 bits per heavy atom. The van der Waals surface area contributed by atoms with Gasteiger partial charge in [0, 0.05) is 4.90 Å². The molecule has 0 bridgehead atoms. The maximum atomic E-state index is 2.32. The van der Waals surface area contributed by atoms with Gasteiger partial charge in [0.2, 0.25) is 0 Å². The molecule has 1 rings (SSSR count). The van der Waals surface area contributed by atoms with Gasteiger partial charge in [0.05, 0.1) is 0 Å². The molecule has 0 radical (unpaired) electrons. The Hall–Kier alpha value is -0.430. The molecule has 1 aromatic rings. The van der Waals surface area contributed by atoms with Crippen LogP contribution in [0, 0.1) is 0 Å². The van der Waals surface area contributed by atoms with Gasteiger partial charge in [-0.15, -0.1) is 11.8 Å². The van der Waals surface area contributed by atoms with Gasteiger partial charge in [-0.05, 0) is 42.7 Å². The molecule has 0 saturated heterocycles. The van der Waals surface area contributed by atoms with Crippen LogP contribution >= 0.6 is 11.8 Å². The third-order valence-electron chi connectivity index (χ3n) is 2.55. The van der Waals surface area contributed by atoms with Crippen LogP contribution in [-0.2, 0) is 0 Å². The Balaban J connectivity index is 2.86. The Bertz CT molecular complexity index is 251. The first-order valence-electron chi connectivity index (χ1n) is 4.95. The van der Waals surface area contributed by atoms with E-state index in [1.165, 1.54) is 23.3 Å². The zero-order valence-electron chi connectivity index (χ0n) is 8.71. The largest absolute Gasteiger partial charge is 0.130 e. The first kappa shape index (κ1) is 10.6. The SMILES string of the molecule is CCC(CC)c1cccc(SC)c1. The van der Waals surface area contributed by atoms with Crippen molar-refractivity contribution in [3.63, 3.8) is 0 Å². The minimum absolute atomic E-state index is 0.743. The lowest BCUT2D eigenvalue weighted by Gasteiger charge is -2.13. The molecule has 0 amide bonds. The van der Waals surface area contributed by atoms with Crippen LogP contribution in [0.1, 0.15) is 38.2 Å². The highest BCUT2D eigenvalue weighted by Crippen LogP contribution is 2.26. The van der Waals surface area contributed by atoms with Crippen molar-refractivity contribution in [2.24, 2.45) is 0 Å². The second-order valence-corrected chi connectivity index (χ2v) is 4.17. The first-order valence-corrected chi connectivity index (χ1v) is 6.18. The normalized spacial score (nSPS) is 10.8. The molecule has 1 aromatic carbocycles. The zero-order valence-corrected chi connectivity index (χ0v) is 9.53. The fourth-order valence-electron chi connectivity index (χ4n) is 1.66. The molecule has 72 valence electrons. The third kappa shape index (κ3) is 2.77. The van der Waals surface area contributed by atoms with E-state index in [1.54, 1.807) is 0 Å². The summed E-state index contributed by atoms with van der Waals surface area (Å²) in [6.07, 6.45) is 4.62. The van der Waals surface area contributed by atoms with Gasteiger partial charge in [-0.2, -0.15) is 0 Å². The summed E-state index contributed by atoms with van der Waals surface area (Å²) in [4.78, 5) is 1.38. The van der Waals surface area contributed by atoms with Crippen LogP contribution in [-0.4, -0.2) is 6.26 Å². The lowest BCUT2D eigenvalue weighted by molar-refractivity contribution is 0.640. The van der Waals surface area contributed by atoms with E-state index in [2.05, 4.69) is 44.4 Å². The Kier molecular flexibility index (Phi) is 4.37. The predicted molar refractivity (Wildman–Crippen MR) is 61.5 cm³/mol. The van der Waals surface area contributed by atoms with Crippen molar-refractivity contribution < 1.29 is 0 Å². The molecule has 0 nitrogen and oxygen atoms in total. The molecule has 0 N–H and O–H groups in total.